The van der Waals surface area contributed by atoms with Crippen LogP contribution in [0.25, 0.3) is 0 Å². The summed E-state index contributed by atoms with van der Waals surface area (Å²) in [6.07, 6.45) is 1.91. The Morgan fingerprint density at radius 1 is 1.32 bits per heavy atom. The van der Waals surface area contributed by atoms with Crippen LogP contribution in [-0.2, 0) is 9.53 Å². The second kappa shape index (κ2) is 5.80. The van der Waals surface area contributed by atoms with Gasteiger partial charge in [-0.3, -0.25) is 4.79 Å². The molecule has 1 aromatic heterocycles. The van der Waals surface area contributed by atoms with Gasteiger partial charge >= 0.3 is 5.97 Å². The van der Waals surface area contributed by atoms with Gasteiger partial charge in [0.15, 0.2) is 5.78 Å². The second-order valence-electron chi connectivity index (χ2n) is 5.94. The number of methoxy groups -OCH3 is 1. The van der Waals surface area contributed by atoms with Crippen LogP contribution in [0.5, 0.6) is 0 Å². The number of benzene rings is 1. The number of halogens is 1. The third-order valence-electron chi connectivity index (χ3n) is 4.42. The largest absolute Gasteiger partial charge is 0.463 e. The fraction of sp³-hybridized carbons (Fsp3) is 0.294. The van der Waals surface area contributed by atoms with Gasteiger partial charge in [0.2, 0.25) is 5.95 Å². The molecule has 2 heterocycles. The first-order valence-electron chi connectivity index (χ1n) is 7.92. The molecule has 0 saturated carbocycles. The molecule has 2 aromatic rings. The van der Waals surface area contributed by atoms with Crippen LogP contribution in [0, 0.1) is 5.82 Å². The zero-order valence-corrected chi connectivity index (χ0v) is 13.5. The van der Waals surface area contributed by atoms with Crippen molar-refractivity contribution in [2.24, 2.45) is 0 Å². The van der Waals surface area contributed by atoms with E-state index in [1.807, 2.05) is 0 Å². The number of hydrogen-bond acceptors (Lipinski definition) is 6. The number of carbonyl (C=O) groups excluding carboxylic acids is 2. The van der Waals surface area contributed by atoms with E-state index in [2.05, 4.69) is 20.1 Å². The molecule has 8 heteroatoms. The Labute approximate surface area is 142 Å². The first kappa shape index (κ1) is 15.5. The maximum Gasteiger partial charge on any atom is 0.378 e. The van der Waals surface area contributed by atoms with Crippen molar-refractivity contribution in [2.75, 3.05) is 12.4 Å². The summed E-state index contributed by atoms with van der Waals surface area (Å²) < 4.78 is 19.5. The monoisotopic (exact) mass is 342 g/mol. The smallest absolute Gasteiger partial charge is 0.378 e. The number of nitrogens with one attached hydrogen (secondary N) is 1. The van der Waals surface area contributed by atoms with Gasteiger partial charge in [0.1, 0.15) is 11.9 Å². The summed E-state index contributed by atoms with van der Waals surface area (Å²) >= 11 is 0. The van der Waals surface area contributed by atoms with E-state index in [9.17, 15) is 14.0 Å². The Morgan fingerprint density at radius 3 is 2.80 bits per heavy atom. The fourth-order valence-corrected chi connectivity index (χ4v) is 3.29. The maximum atomic E-state index is 13.3. The molecule has 1 aliphatic heterocycles. The van der Waals surface area contributed by atoms with E-state index in [1.54, 1.807) is 12.1 Å². The number of fused-ring (bicyclic) bond motifs is 1. The standard InChI is InChI=1S/C17H15FN4O3/c1-25-16(24)15-20-17-19-11-3-2-4-12(23)13(11)14(22(17)21-15)9-5-7-10(18)8-6-9/h5-8,14H,2-4H2,1H3,(H,19,20,21)/t14-/m1/s1. The molecule has 0 amide bonds. The molecule has 0 radical (unpaired) electrons. The molecule has 2 aliphatic rings. The minimum atomic E-state index is -0.661. The van der Waals surface area contributed by atoms with E-state index < -0.39 is 12.0 Å². The molecule has 25 heavy (non-hydrogen) atoms. The highest BCUT2D eigenvalue weighted by Crippen LogP contribution is 2.39. The van der Waals surface area contributed by atoms with Crippen molar-refractivity contribution >= 4 is 17.7 Å². The summed E-state index contributed by atoms with van der Waals surface area (Å²) in [5, 5.41) is 7.32. The first-order valence-corrected chi connectivity index (χ1v) is 7.92. The third-order valence-corrected chi connectivity index (χ3v) is 4.42. The normalized spacial score (nSPS) is 19.1. The highest BCUT2D eigenvalue weighted by Gasteiger charge is 2.37. The number of esters is 1. The molecule has 0 spiro atoms. The topological polar surface area (TPSA) is 86.1 Å². The number of allylic oxidation sites excluding steroid dienone is 2. The number of hydrogen-bond donors (Lipinski definition) is 1. The molecule has 1 aliphatic carbocycles. The number of ketones is 1. The van der Waals surface area contributed by atoms with Crippen molar-refractivity contribution in [3.8, 4) is 0 Å². The molecule has 0 unspecified atom stereocenters. The van der Waals surface area contributed by atoms with Gasteiger partial charge < -0.3 is 10.1 Å². The lowest BCUT2D eigenvalue weighted by molar-refractivity contribution is -0.116. The maximum absolute atomic E-state index is 13.3. The van der Waals surface area contributed by atoms with E-state index in [0.717, 1.165) is 12.1 Å². The van der Waals surface area contributed by atoms with Gasteiger partial charge in [0.25, 0.3) is 5.82 Å². The molecule has 0 bridgehead atoms. The lowest BCUT2D eigenvalue weighted by Crippen LogP contribution is -2.31. The Bertz CT molecular complexity index is 901. The highest BCUT2D eigenvalue weighted by atomic mass is 19.1. The zero-order valence-electron chi connectivity index (χ0n) is 13.5. The molecule has 1 aromatic carbocycles. The van der Waals surface area contributed by atoms with Crippen molar-refractivity contribution in [3.63, 3.8) is 0 Å². The number of ether oxygens (including phenoxy) is 1. The summed E-state index contributed by atoms with van der Waals surface area (Å²) in [6.45, 7) is 0. The second-order valence-corrected chi connectivity index (χ2v) is 5.94. The highest BCUT2D eigenvalue weighted by molar-refractivity contribution is 5.99. The third kappa shape index (κ3) is 2.50. The number of rotatable bonds is 2. The van der Waals surface area contributed by atoms with E-state index in [1.165, 1.54) is 23.9 Å². The molecule has 1 N–H and O–H groups in total. The minimum Gasteiger partial charge on any atom is -0.463 e. The average molecular weight is 342 g/mol. The van der Waals surface area contributed by atoms with Gasteiger partial charge in [-0.1, -0.05) is 12.1 Å². The van der Waals surface area contributed by atoms with Crippen LogP contribution in [0.1, 0.15) is 41.5 Å². The van der Waals surface area contributed by atoms with Crippen molar-refractivity contribution < 1.29 is 18.7 Å². The van der Waals surface area contributed by atoms with Crippen LogP contribution >= 0.6 is 0 Å². The van der Waals surface area contributed by atoms with Crippen LogP contribution in [0.4, 0.5) is 10.3 Å². The Morgan fingerprint density at radius 2 is 2.08 bits per heavy atom. The van der Waals surface area contributed by atoms with Crippen molar-refractivity contribution in [1.82, 2.24) is 14.8 Å². The van der Waals surface area contributed by atoms with E-state index in [0.29, 0.717) is 29.9 Å². The van der Waals surface area contributed by atoms with Gasteiger partial charge in [0, 0.05) is 17.7 Å². The zero-order chi connectivity index (χ0) is 17.6. The van der Waals surface area contributed by atoms with Crippen molar-refractivity contribution in [2.45, 2.75) is 25.3 Å². The molecular formula is C17H15FN4O3. The molecular weight excluding hydrogens is 327 g/mol. The van der Waals surface area contributed by atoms with Crippen LogP contribution < -0.4 is 5.32 Å². The molecule has 1 atom stereocenters. The van der Waals surface area contributed by atoms with Gasteiger partial charge in [-0.05, 0) is 30.5 Å². The van der Waals surface area contributed by atoms with E-state index in [4.69, 9.17) is 0 Å². The van der Waals surface area contributed by atoms with Gasteiger partial charge in [-0.2, -0.15) is 4.98 Å². The van der Waals surface area contributed by atoms with E-state index in [-0.39, 0.29) is 17.4 Å². The molecule has 0 fully saturated rings. The number of Topliss-reactive ketones (excluding diaryl/α,β-unsaturated/α-hetero) is 1. The van der Waals surface area contributed by atoms with Crippen LogP contribution in [0.15, 0.2) is 35.5 Å². The summed E-state index contributed by atoms with van der Waals surface area (Å²) in [7, 11) is 1.25. The Hall–Kier alpha value is -3.03. The fourth-order valence-electron chi connectivity index (χ4n) is 3.29. The lowest BCUT2D eigenvalue weighted by Gasteiger charge is -2.32. The summed E-state index contributed by atoms with van der Waals surface area (Å²) in [4.78, 5) is 28.5. The Balaban J connectivity index is 1.89. The van der Waals surface area contributed by atoms with Crippen molar-refractivity contribution in [1.29, 1.82) is 0 Å². The van der Waals surface area contributed by atoms with Crippen LogP contribution in [-0.4, -0.2) is 33.6 Å². The van der Waals surface area contributed by atoms with Crippen LogP contribution in [0.3, 0.4) is 0 Å². The lowest BCUT2D eigenvalue weighted by atomic mass is 9.85. The summed E-state index contributed by atoms with van der Waals surface area (Å²) in [5.41, 5.74) is 2.07. The number of anilines is 1. The summed E-state index contributed by atoms with van der Waals surface area (Å²) in [6, 6.07) is 5.35. The minimum absolute atomic E-state index is 0.0174. The van der Waals surface area contributed by atoms with Gasteiger partial charge in [-0.15, -0.1) is 5.10 Å². The predicted octanol–water partition coefficient (Wildman–Crippen LogP) is 2.23. The number of carbonyl (C=O) groups is 2. The molecule has 0 saturated heterocycles. The predicted molar refractivity (Wildman–Crippen MR) is 85.4 cm³/mol. The van der Waals surface area contributed by atoms with Gasteiger partial charge in [-0.25, -0.2) is 13.9 Å². The quantitative estimate of drug-likeness (QED) is 0.842. The Kier molecular flexibility index (Phi) is 3.60. The molecule has 128 valence electrons. The van der Waals surface area contributed by atoms with E-state index >= 15 is 0 Å². The van der Waals surface area contributed by atoms with Crippen LogP contribution in [0.2, 0.25) is 0 Å². The SMILES string of the molecule is COC(=O)c1nc2n(n1)[C@H](c1ccc(F)cc1)C1=C(CCCC1=O)N2. The van der Waals surface area contributed by atoms with Crippen molar-refractivity contribution in [3.05, 3.63) is 52.7 Å². The number of aromatic nitrogens is 3. The van der Waals surface area contributed by atoms with Gasteiger partial charge in [0.05, 0.1) is 7.11 Å². The average Bonchev–Trinajstić information content (AvgIpc) is 3.04. The molecule has 7 nitrogen and oxygen atoms in total. The number of nitrogens with zero attached hydrogens (tertiary/aromatic N) is 3. The summed E-state index contributed by atoms with van der Waals surface area (Å²) in [5.74, 6) is -0.738. The molecule has 4 rings (SSSR count). The first-order chi connectivity index (χ1) is 12.1.